The molecule has 0 bridgehead atoms. The maximum absolute atomic E-state index is 6.08. The monoisotopic (exact) mass is 286 g/mol. The summed E-state index contributed by atoms with van der Waals surface area (Å²) in [6.07, 6.45) is 5.88. The van der Waals surface area contributed by atoms with Crippen molar-refractivity contribution in [3.05, 3.63) is 30.0 Å². The molecule has 0 unspecified atom stereocenters. The van der Waals surface area contributed by atoms with E-state index in [0.717, 1.165) is 41.8 Å². The lowest BCUT2D eigenvalue weighted by Gasteiger charge is -2.26. The highest BCUT2D eigenvalue weighted by Gasteiger charge is 2.39. The first-order valence-electron chi connectivity index (χ1n) is 7.60. The van der Waals surface area contributed by atoms with E-state index in [1.807, 2.05) is 24.3 Å². The summed E-state index contributed by atoms with van der Waals surface area (Å²) in [5.74, 6) is 1.22. The van der Waals surface area contributed by atoms with Gasteiger partial charge in [0.25, 0.3) is 0 Å². The average Bonchev–Trinajstić information content (AvgIpc) is 3.14. The number of hydrogen-bond acceptors (Lipinski definition) is 4. The third-order valence-electron chi connectivity index (χ3n) is 4.82. The lowest BCUT2D eigenvalue weighted by atomic mass is 9.77. The molecule has 1 saturated carbocycles. The number of nitrogen functional groups attached to an aromatic ring is 1. The zero-order valence-corrected chi connectivity index (χ0v) is 12.7. The highest BCUT2D eigenvalue weighted by atomic mass is 16.5. The lowest BCUT2D eigenvalue weighted by molar-refractivity contribution is 0.361. The van der Waals surface area contributed by atoms with Crippen LogP contribution in [0.2, 0.25) is 0 Å². The van der Waals surface area contributed by atoms with Gasteiger partial charge in [-0.15, -0.1) is 0 Å². The van der Waals surface area contributed by atoms with E-state index in [2.05, 4.69) is 12.1 Å². The Morgan fingerprint density at radius 2 is 2.10 bits per heavy atom. The second-order valence-electron chi connectivity index (χ2n) is 5.84. The molecule has 4 nitrogen and oxygen atoms in total. The molecule has 4 heteroatoms. The number of nitrogens with zero attached hydrogens (tertiary/aromatic N) is 1. The van der Waals surface area contributed by atoms with Crippen LogP contribution in [0.25, 0.3) is 11.1 Å². The molecule has 1 heterocycles. The predicted molar refractivity (Wildman–Crippen MR) is 83.3 cm³/mol. The highest BCUT2D eigenvalue weighted by molar-refractivity contribution is 5.77. The van der Waals surface area contributed by atoms with Crippen molar-refractivity contribution < 1.29 is 9.26 Å². The normalized spacial score (nSPS) is 17.0. The van der Waals surface area contributed by atoms with E-state index in [9.17, 15) is 0 Å². The zero-order chi connectivity index (χ0) is 14.9. The van der Waals surface area contributed by atoms with Gasteiger partial charge in [-0.05, 0) is 37.0 Å². The molecule has 3 rings (SSSR count). The molecule has 21 heavy (non-hydrogen) atoms. The molecule has 2 aromatic rings. The minimum absolute atomic E-state index is 0.111. The number of hydrogen-bond donors (Lipinski definition) is 1. The van der Waals surface area contributed by atoms with Gasteiger partial charge in [0.15, 0.2) is 0 Å². The smallest absolute Gasteiger partial charge is 0.230 e. The predicted octanol–water partition coefficient (Wildman–Crippen LogP) is 4.15. The Labute approximate surface area is 125 Å². The Morgan fingerprint density at radius 3 is 2.76 bits per heavy atom. The van der Waals surface area contributed by atoms with Crippen LogP contribution in [-0.4, -0.2) is 12.3 Å². The molecule has 0 amide bonds. The first-order valence-corrected chi connectivity index (χ1v) is 7.60. The SMILES string of the molecule is CCC1(c2noc(N)c2-c2cccc(OC)c2)CCCC1. The Kier molecular flexibility index (Phi) is 3.62. The molecule has 1 fully saturated rings. The molecule has 1 aromatic carbocycles. The highest BCUT2D eigenvalue weighted by Crippen LogP contribution is 2.48. The fourth-order valence-corrected chi connectivity index (χ4v) is 3.53. The van der Waals surface area contributed by atoms with Crippen LogP contribution in [0.1, 0.15) is 44.7 Å². The van der Waals surface area contributed by atoms with Crippen LogP contribution in [0.5, 0.6) is 5.75 Å². The minimum Gasteiger partial charge on any atom is -0.497 e. The van der Waals surface area contributed by atoms with Crippen molar-refractivity contribution in [1.82, 2.24) is 5.16 Å². The van der Waals surface area contributed by atoms with E-state index in [0.29, 0.717) is 5.88 Å². The van der Waals surface area contributed by atoms with Crippen LogP contribution in [0.15, 0.2) is 28.8 Å². The number of ether oxygens (including phenoxy) is 1. The van der Waals surface area contributed by atoms with Crippen LogP contribution < -0.4 is 10.5 Å². The fraction of sp³-hybridized carbons (Fsp3) is 0.471. The summed E-state index contributed by atoms with van der Waals surface area (Å²) in [6.45, 7) is 2.23. The minimum atomic E-state index is 0.111. The van der Waals surface area contributed by atoms with E-state index >= 15 is 0 Å². The number of anilines is 1. The number of nitrogens with two attached hydrogens (primary N) is 1. The first-order chi connectivity index (χ1) is 10.2. The maximum Gasteiger partial charge on any atom is 0.230 e. The quantitative estimate of drug-likeness (QED) is 0.917. The van der Waals surface area contributed by atoms with E-state index in [1.54, 1.807) is 7.11 Å². The summed E-state index contributed by atoms with van der Waals surface area (Å²) >= 11 is 0. The largest absolute Gasteiger partial charge is 0.497 e. The van der Waals surface area contributed by atoms with Gasteiger partial charge in [0, 0.05) is 5.41 Å². The Bertz CT molecular complexity index is 627. The Balaban J connectivity index is 2.12. The van der Waals surface area contributed by atoms with Crippen LogP contribution in [0.3, 0.4) is 0 Å². The fourth-order valence-electron chi connectivity index (χ4n) is 3.53. The molecule has 1 aliphatic rings. The topological polar surface area (TPSA) is 61.3 Å². The van der Waals surface area contributed by atoms with Crippen LogP contribution >= 0.6 is 0 Å². The maximum atomic E-state index is 6.08. The van der Waals surface area contributed by atoms with Crippen molar-refractivity contribution in [3.63, 3.8) is 0 Å². The lowest BCUT2D eigenvalue weighted by Crippen LogP contribution is -2.22. The Morgan fingerprint density at radius 1 is 1.33 bits per heavy atom. The van der Waals surface area contributed by atoms with Gasteiger partial charge in [0.2, 0.25) is 5.88 Å². The summed E-state index contributed by atoms with van der Waals surface area (Å²) in [7, 11) is 1.67. The third kappa shape index (κ3) is 2.28. The van der Waals surface area contributed by atoms with Crippen molar-refractivity contribution >= 4 is 5.88 Å². The molecule has 1 aliphatic carbocycles. The molecule has 0 saturated heterocycles. The molecule has 0 aliphatic heterocycles. The van der Waals surface area contributed by atoms with Gasteiger partial charge >= 0.3 is 0 Å². The third-order valence-corrected chi connectivity index (χ3v) is 4.82. The Hall–Kier alpha value is -1.97. The van der Waals surface area contributed by atoms with E-state index in [1.165, 1.54) is 12.8 Å². The van der Waals surface area contributed by atoms with Crippen molar-refractivity contribution in [3.8, 4) is 16.9 Å². The van der Waals surface area contributed by atoms with Gasteiger partial charge in [0.05, 0.1) is 18.4 Å². The number of benzene rings is 1. The van der Waals surface area contributed by atoms with Gasteiger partial charge in [0.1, 0.15) is 5.75 Å². The zero-order valence-electron chi connectivity index (χ0n) is 12.7. The molecule has 0 radical (unpaired) electrons. The van der Waals surface area contributed by atoms with Gasteiger partial charge in [-0.25, -0.2) is 0 Å². The van der Waals surface area contributed by atoms with Gasteiger partial charge in [-0.1, -0.05) is 37.1 Å². The summed E-state index contributed by atoms with van der Waals surface area (Å²) in [5, 5.41) is 4.33. The molecule has 112 valence electrons. The van der Waals surface area contributed by atoms with Crippen molar-refractivity contribution in [2.45, 2.75) is 44.4 Å². The molecule has 1 aromatic heterocycles. The number of methoxy groups -OCH3 is 1. The molecular weight excluding hydrogens is 264 g/mol. The summed E-state index contributed by atoms with van der Waals surface area (Å²) in [6, 6.07) is 7.92. The number of aromatic nitrogens is 1. The number of rotatable bonds is 4. The van der Waals surface area contributed by atoms with Crippen molar-refractivity contribution in [2.75, 3.05) is 12.8 Å². The van der Waals surface area contributed by atoms with Crippen molar-refractivity contribution in [2.24, 2.45) is 0 Å². The summed E-state index contributed by atoms with van der Waals surface area (Å²) in [5.41, 5.74) is 9.17. The van der Waals surface area contributed by atoms with Gasteiger partial charge in [-0.2, -0.15) is 0 Å². The standard InChI is InChI=1S/C17H22N2O2/c1-3-17(9-4-5-10-17)15-14(16(18)21-19-15)12-7-6-8-13(11-12)20-2/h6-8,11H,3-5,9-10,18H2,1-2H3. The molecule has 2 N–H and O–H groups in total. The van der Waals surface area contributed by atoms with Crippen LogP contribution in [0, 0.1) is 0 Å². The van der Waals surface area contributed by atoms with Crippen LogP contribution in [-0.2, 0) is 5.41 Å². The summed E-state index contributed by atoms with van der Waals surface area (Å²) in [4.78, 5) is 0. The van der Waals surface area contributed by atoms with Gasteiger partial charge in [-0.3, -0.25) is 0 Å². The molecule has 0 atom stereocenters. The van der Waals surface area contributed by atoms with Gasteiger partial charge < -0.3 is 15.0 Å². The van der Waals surface area contributed by atoms with E-state index < -0.39 is 0 Å². The first kappa shape index (κ1) is 14.0. The average molecular weight is 286 g/mol. The van der Waals surface area contributed by atoms with E-state index in [-0.39, 0.29) is 5.41 Å². The summed E-state index contributed by atoms with van der Waals surface area (Å²) < 4.78 is 10.7. The van der Waals surface area contributed by atoms with Crippen LogP contribution in [0.4, 0.5) is 5.88 Å². The van der Waals surface area contributed by atoms with Crippen molar-refractivity contribution in [1.29, 1.82) is 0 Å². The molecular formula is C17H22N2O2. The second kappa shape index (κ2) is 5.43. The van der Waals surface area contributed by atoms with E-state index in [4.69, 9.17) is 15.0 Å². The second-order valence-corrected chi connectivity index (χ2v) is 5.84. The molecule has 0 spiro atoms.